The highest BCUT2D eigenvalue weighted by atomic mass is 19.1. The SMILES string of the molecule is CN1CC(CC(=O)O)c2cccc(F)c21. The van der Waals surface area contributed by atoms with Gasteiger partial charge < -0.3 is 10.0 Å². The molecule has 1 aliphatic rings. The molecule has 0 bridgehead atoms. The lowest BCUT2D eigenvalue weighted by Crippen LogP contribution is -2.17. The molecule has 1 aromatic carbocycles. The van der Waals surface area contributed by atoms with Crippen LogP contribution in [0.1, 0.15) is 17.9 Å². The van der Waals surface area contributed by atoms with Crippen LogP contribution in [0.5, 0.6) is 0 Å². The standard InChI is InChI=1S/C11H12FNO2/c1-13-6-7(5-10(14)15)8-3-2-4-9(12)11(8)13/h2-4,7H,5-6H2,1H3,(H,14,15). The molecule has 0 saturated carbocycles. The van der Waals surface area contributed by atoms with Crippen molar-refractivity contribution in [3.63, 3.8) is 0 Å². The van der Waals surface area contributed by atoms with E-state index in [4.69, 9.17) is 5.11 Å². The Morgan fingerprint density at radius 3 is 3.07 bits per heavy atom. The molecule has 1 unspecified atom stereocenters. The van der Waals surface area contributed by atoms with Gasteiger partial charge in [0.05, 0.1) is 12.1 Å². The van der Waals surface area contributed by atoms with Crippen LogP contribution in [0, 0.1) is 5.82 Å². The van der Waals surface area contributed by atoms with Gasteiger partial charge in [-0.2, -0.15) is 0 Å². The van der Waals surface area contributed by atoms with Crippen LogP contribution in [-0.2, 0) is 4.79 Å². The number of nitrogens with zero attached hydrogens (tertiary/aromatic N) is 1. The maximum Gasteiger partial charge on any atom is 0.304 e. The van der Waals surface area contributed by atoms with E-state index >= 15 is 0 Å². The normalized spacial score (nSPS) is 19.1. The van der Waals surface area contributed by atoms with Crippen LogP contribution in [-0.4, -0.2) is 24.7 Å². The summed E-state index contributed by atoms with van der Waals surface area (Å²) in [5.74, 6) is -1.22. The Hall–Kier alpha value is -1.58. The van der Waals surface area contributed by atoms with Crippen LogP contribution in [0.3, 0.4) is 0 Å². The summed E-state index contributed by atoms with van der Waals surface area (Å²) in [5.41, 5.74) is 1.35. The summed E-state index contributed by atoms with van der Waals surface area (Å²) in [6, 6.07) is 4.83. The molecular weight excluding hydrogens is 197 g/mol. The van der Waals surface area contributed by atoms with Crippen molar-refractivity contribution < 1.29 is 14.3 Å². The van der Waals surface area contributed by atoms with Gasteiger partial charge in [0.25, 0.3) is 0 Å². The van der Waals surface area contributed by atoms with Crippen molar-refractivity contribution in [1.29, 1.82) is 0 Å². The number of benzene rings is 1. The molecule has 1 aromatic rings. The van der Waals surface area contributed by atoms with Gasteiger partial charge in [0, 0.05) is 19.5 Å². The van der Waals surface area contributed by atoms with E-state index < -0.39 is 5.97 Å². The van der Waals surface area contributed by atoms with Crippen molar-refractivity contribution >= 4 is 11.7 Å². The summed E-state index contributed by atoms with van der Waals surface area (Å²) < 4.78 is 13.5. The maximum absolute atomic E-state index is 13.5. The van der Waals surface area contributed by atoms with Crippen molar-refractivity contribution in [2.24, 2.45) is 0 Å². The van der Waals surface area contributed by atoms with E-state index in [-0.39, 0.29) is 18.2 Å². The van der Waals surface area contributed by atoms with Gasteiger partial charge in [-0.3, -0.25) is 4.79 Å². The lowest BCUT2D eigenvalue weighted by Gasteiger charge is -2.12. The van der Waals surface area contributed by atoms with Gasteiger partial charge in [-0.25, -0.2) is 4.39 Å². The molecular formula is C11H12FNO2. The molecule has 0 radical (unpaired) electrons. The lowest BCUT2D eigenvalue weighted by atomic mass is 9.98. The monoisotopic (exact) mass is 209 g/mol. The Kier molecular flexibility index (Phi) is 2.34. The highest BCUT2D eigenvalue weighted by Gasteiger charge is 2.30. The van der Waals surface area contributed by atoms with Gasteiger partial charge >= 0.3 is 5.97 Å². The molecule has 3 nitrogen and oxygen atoms in total. The number of rotatable bonds is 2. The van der Waals surface area contributed by atoms with Crippen molar-refractivity contribution in [3.8, 4) is 0 Å². The average molecular weight is 209 g/mol. The van der Waals surface area contributed by atoms with Gasteiger partial charge in [0.15, 0.2) is 0 Å². The van der Waals surface area contributed by atoms with Crippen molar-refractivity contribution in [3.05, 3.63) is 29.6 Å². The molecule has 4 heteroatoms. The Bertz CT molecular complexity index is 406. The van der Waals surface area contributed by atoms with Gasteiger partial charge in [0.1, 0.15) is 5.82 Å². The lowest BCUT2D eigenvalue weighted by molar-refractivity contribution is -0.137. The highest BCUT2D eigenvalue weighted by molar-refractivity contribution is 5.71. The second-order valence-corrected chi connectivity index (χ2v) is 3.85. The average Bonchev–Trinajstić information content (AvgIpc) is 2.44. The Balaban J connectivity index is 2.38. The fourth-order valence-electron chi connectivity index (χ4n) is 2.17. The molecule has 0 aromatic heterocycles. The van der Waals surface area contributed by atoms with Gasteiger partial charge in [-0.05, 0) is 11.6 Å². The van der Waals surface area contributed by atoms with Crippen LogP contribution >= 0.6 is 0 Å². The minimum Gasteiger partial charge on any atom is -0.481 e. The fraction of sp³-hybridized carbons (Fsp3) is 0.364. The molecule has 0 fully saturated rings. The van der Waals surface area contributed by atoms with Gasteiger partial charge in [-0.1, -0.05) is 12.1 Å². The highest BCUT2D eigenvalue weighted by Crippen LogP contribution is 2.38. The zero-order chi connectivity index (χ0) is 11.0. The summed E-state index contributed by atoms with van der Waals surface area (Å²) in [6.07, 6.45) is 0.0563. The second-order valence-electron chi connectivity index (χ2n) is 3.85. The van der Waals surface area contributed by atoms with E-state index in [1.54, 1.807) is 24.1 Å². The first-order valence-electron chi connectivity index (χ1n) is 4.81. The number of para-hydroxylation sites is 1. The first-order valence-corrected chi connectivity index (χ1v) is 4.81. The summed E-state index contributed by atoms with van der Waals surface area (Å²) in [4.78, 5) is 12.4. The number of carboxylic acid groups (broad SMARTS) is 1. The molecule has 1 N–H and O–H groups in total. The topological polar surface area (TPSA) is 40.5 Å². The predicted molar refractivity (Wildman–Crippen MR) is 54.7 cm³/mol. The van der Waals surface area contributed by atoms with E-state index in [1.807, 2.05) is 0 Å². The summed E-state index contributed by atoms with van der Waals surface area (Å²) in [6.45, 7) is 0.572. The minimum absolute atomic E-state index is 0.0563. The van der Waals surface area contributed by atoms with Crippen molar-refractivity contribution in [2.75, 3.05) is 18.5 Å². The number of fused-ring (bicyclic) bond motifs is 1. The van der Waals surface area contributed by atoms with E-state index in [0.717, 1.165) is 5.56 Å². The van der Waals surface area contributed by atoms with E-state index in [2.05, 4.69) is 0 Å². The number of halogens is 1. The Labute approximate surface area is 87.1 Å². The largest absolute Gasteiger partial charge is 0.481 e. The number of likely N-dealkylation sites (N-methyl/N-ethyl adjacent to an activating group) is 1. The smallest absolute Gasteiger partial charge is 0.304 e. The molecule has 1 atom stereocenters. The quantitative estimate of drug-likeness (QED) is 0.807. The Morgan fingerprint density at radius 2 is 2.40 bits per heavy atom. The van der Waals surface area contributed by atoms with Crippen molar-refractivity contribution in [2.45, 2.75) is 12.3 Å². The molecule has 2 rings (SSSR count). The number of carboxylic acids is 1. The van der Waals surface area contributed by atoms with Crippen LogP contribution in [0.15, 0.2) is 18.2 Å². The van der Waals surface area contributed by atoms with Crippen molar-refractivity contribution in [1.82, 2.24) is 0 Å². The third-order valence-corrected chi connectivity index (χ3v) is 2.75. The molecule has 80 valence electrons. The fourth-order valence-corrected chi connectivity index (χ4v) is 2.17. The molecule has 0 spiro atoms. The number of hydrogen-bond acceptors (Lipinski definition) is 2. The van der Waals surface area contributed by atoms with Gasteiger partial charge in [-0.15, -0.1) is 0 Å². The zero-order valence-corrected chi connectivity index (χ0v) is 8.40. The molecule has 0 aliphatic carbocycles. The molecule has 1 heterocycles. The minimum atomic E-state index is -0.842. The first-order chi connectivity index (χ1) is 7.09. The zero-order valence-electron chi connectivity index (χ0n) is 8.40. The number of anilines is 1. The molecule has 0 saturated heterocycles. The van der Waals surface area contributed by atoms with E-state index in [9.17, 15) is 9.18 Å². The molecule has 1 aliphatic heterocycles. The number of aliphatic carboxylic acids is 1. The maximum atomic E-state index is 13.5. The van der Waals surface area contributed by atoms with Crippen LogP contribution in [0.25, 0.3) is 0 Å². The third-order valence-electron chi connectivity index (χ3n) is 2.75. The summed E-state index contributed by atoms with van der Waals surface area (Å²) in [7, 11) is 1.78. The van der Waals surface area contributed by atoms with Crippen LogP contribution in [0.4, 0.5) is 10.1 Å². The van der Waals surface area contributed by atoms with Crippen LogP contribution in [0.2, 0.25) is 0 Å². The number of carbonyl (C=O) groups is 1. The van der Waals surface area contributed by atoms with Crippen LogP contribution < -0.4 is 4.90 Å². The second kappa shape index (κ2) is 3.53. The number of hydrogen-bond donors (Lipinski definition) is 1. The first kappa shape index (κ1) is 9.96. The summed E-state index contributed by atoms with van der Waals surface area (Å²) in [5, 5.41) is 8.74. The summed E-state index contributed by atoms with van der Waals surface area (Å²) >= 11 is 0. The van der Waals surface area contributed by atoms with E-state index in [0.29, 0.717) is 12.2 Å². The third kappa shape index (κ3) is 1.67. The predicted octanol–water partition coefficient (Wildman–Crippen LogP) is 1.83. The molecule has 0 amide bonds. The Morgan fingerprint density at radius 1 is 1.67 bits per heavy atom. The van der Waals surface area contributed by atoms with Gasteiger partial charge in [0.2, 0.25) is 0 Å². The van der Waals surface area contributed by atoms with E-state index in [1.165, 1.54) is 6.07 Å². The molecule has 15 heavy (non-hydrogen) atoms.